The Morgan fingerprint density at radius 3 is 2.65 bits per heavy atom. The van der Waals surface area contributed by atoms with Crippen molar-refractivity contribution in [2.45, 2.75) is 6.92 Å². The van der Waals surface area contributed by atoms with Gasteiger partial charge in [0.2, 0.25) is 0 Å². The Bertz CT molecular complexity index is 493. The maximum atomic E-state index is 11.4. The van der Waals surface area contributed by atoms with Crippen molar-refractivity contribution in [2.75, 3.05) is 13.7 Å². The highest BCUT2D eigenvalue weighted by Gasteiger charge is 2.22. The average Bonchev–Trinajstić information content (AvgIpc) is 2.71. The van der Waals surface area contributed by atoms with Crippen molar-refractivity contribution in [3.05, 3.63) is 29.5 Å². The fourth-order valence-electron chi connectivity index (χ4n) is 1.45. The van der Waals surface area contributed by atoms with Gasteiger partial charge >= 0.3 is 5.88 Å². The van der Waals surface area contributed by atoms with Crippen LogP contribution in [0.1, 0.15) is 6.92 Å². The van der Waals surface area contributed by atoms with E-state index >= 15 is 0 Å². The molecule has 2 aromatic rings. The van der Waals surface area contributed by atoms with Crippen molar-refractivity contribution >= 4 is 0 Å². The van der Waals surface area contributed by atoms with E-state index in [0.29, 0.717) is 22.8 Å². The molecule has 0 saturated heterocycles. The third-order valence-electron chi connectivity index (χ3n) is 2.23. The Labute approximate surface area is 97.9 Å². The molecule has 17 heavy (non-hydrogen) atoms. The Morgan fingerprint density at radius 2 is 2.06 bits per heavy atom. The largest absolute Gasteiger partial charge is 0.497 e. The lowest BCUT2D eigenvalue weighted by atomic mass is 10.1. The Kier molecular flexibility index (Phi) is 3.13. The average molecular weight is 236 g/mol. The summed E-state index contributed by atoms with van der Waals surface area (Å²) in [7, 11) is 1.58. The number of aromatic nitrogens is 2. The topological polar surface area (TPSA) is 71.4 Å². The van der Waals surface area contributed by atoms with Crippen LogP contribution in [0.5, 0.6) is 11.6 Å². The molecule has 1 aromatic heterocycles. The van der Waals surface area contributed by atoms with Gasteiger partial charge in [-0.2, -0.15) is 0 Å². The van der Waals surface area contributed by atoms with Crippen LogP contribution in [-0.4, -0.2) is 18.9 Å². The second-order valence-electron chi connectivity index (χ2n) is 3.25. The molecule has 0 radical (unpaired) electrons. The summed E-state index contributed by atoms with van der Waals surface area (Å²) in [5.74, 6) is 0.897. The molecule has 6 nitrogen and oxygen atoms in total. The van der Waals surface area contributed by atoms with Crippen molar-refractivity contribution < 1.29 is 19.0 Å². The molecule has 0 aliphatic carbocycles. The first-order valence-electron chi connectivity index (χ1n) is 5.13. The molecule has 0 saturated carbocycles. The fraction of sp³-hybridized carbons (Fsp3) is 0.273. The van der Waals surface area contributed by atoms with Gasteiger partial charge in [0.05, 0.1) is 18.9 Å². The van der Waals surface area contributed by atoms with E-state index in [0.717, 1.165) is 0 Å². The van der Waals surface area contributed by atoms with Gasteiger partial charge in [-0.25, -0.2) is 0 Å². The van der Waals surface area contributed by atoms with Crippen molar-refractivity contribution in [3.8, 4) is 22.9 Å². The molecule has 0 bridgehead atoms. The highest BCUT2D eigenvalue weighted by atomic mass is 16.8. The zero-order valence-corrected chi connectivity index (χ0v) is 9.54. The summed E-state index contributed by atoms with van der Waals surface area (Å²) in [6.07, 6.45) is 0. The van der Waals surface area contributed by atoms with Crippen LogP contribution >= 0.6 is 0 Å². The molecule has 90 valence electrons. The van der Waals surface area contributed by atoms with E-state index in [1.807, 2.05) is 6.92 Å². The molecule has 0 atom stereocenters. The third-order valence-corrected chi connectivity index (χ3v) is 2.23. The number of methoxy groups -OCH3 is 1. The van der Waals surface area contributed by atoms with Gasteiger partial charge in [0.15, 0.2) is 0 Å². The molecule has 0 fully saturated rings. The van der Waals surface area contributed by atoms with Crippen LogP contribution in [0.3, 0.4) is 0 Å². The molecule has 0 spiro atoms. The first-order chi connectivity index (χ1) is 8.26. The lowest BCUT2D eigenvalue weighted by Gasteiger charge is -2.01. The molecular formula is C11H12N2O4. The summed E-state index contributed by atoms with van der Waals surface area (Å²) >= 11 is 0. The van der Waals surface area contributed by atoms with Gasteiger partial charge in [0.1, 0.15) is 5.75 Å². The lowest BCUT2D eigenvalue weighted by molar-refractivity contribution is -0.793. The van der Waals surface area contributed by atoms with E-state index in [1.165, 1.54) is 0 Å². The number of rotatable bonds is 4. The second-order valence-corrected chi connectivity index (χ2v) is 3.25. The molecule has 1 aromatic carbocycles. The maximum Gasteiger partial charge on any atom is 0.402 e. The van der Waals surface area contributed by atoms with Crippen molar-refractivity contribution in [1.82, 2.24) is 5.16 Å². The van der Waals surface area contributed by atoms with Gasteiger partial charge < -0.3 is 14.7 Å². The first kappa shape index (κ1) is 11.3. The van der Waals surface area contributed by atoms with E-state index in [9.17, 15) is 5.21 Å². The minimum absolute atomic E-state index is 0.188. The minimum Gasteiger partial charge on any atom is -0.497 e. The molecular weight excluding hydrogens is 224 g/mol. The molecule has 0 N–H and O–H groups in total. The summed E-state index contributed by atoms with van der Waals surface area (Å²) in [6.45, 7) is 2.22. The minimum atomic E-state index is 0.188. The van der Waals surface area contributed by atoms with E-state index in [4.69, 9.17) is 9.47 Å². The number of nitrogens with zero attached hydrogens (tertiary/aromatic N) is 2. The predicted molar refractivity (Wildman–Crippen MR) is 58.6 cm³/mol. The number of ether oxygens (including phenoxy) is 2. The monoisotopic (exact) mass is 236 g/mol. The Morgan fingerprint density at radius 1 is 1.35 bits per heavy atom. The van der Waals surface area contributed by atoms with Crippen LogP contribution in [0.4, 0.5) is 0 Å². The van der Waals surface area contributed by atoms with Crippen molar-refractivity contribution in [2.24, 2.45) is 0 Å². The van der Waals surface area contributed by atoms with Crippen LogP contribution < -0.4 is 14.4 Å². The van der Waals surface area contributed by atoms with Gasteiger partial charge in [-0.15, -0.1) is 0 Å². The van der Waals surface area contributed by atoms with E-state index in [-0.39, 0.29) is 11.6 Å². The lowest BCUT2D eigenvalue weighted by Crippen LogP contribution is -2.25. The summed E-state index contributed by atoms with van der Waals surface area (Å²) in [5, 5.41) is 15.0. The third kappa shape index (κ3) is 2.15. The van der Waals surface area contributed by atoms with E-state index in [2.05, 4.69) is 9.79 Å². The molecule has 0 aliphatic rings. The molecule has 0 unspecified atom stereocenters. The van der Waals surface area contributed by atoms with Crippen LogP contribution in [0.25, 0.3) is 11.3 Å². The van der Waals surface area contributed by atoms with Crippen LogP contribution in [0, 0.1) is 5.21 Å². The summed E-state index contributed by atoms with van der Waals surface area (Å²) in [6, 6.07) is 6.97. The van der Waals surface area contributed by atoms with Crippen LogP contribution in [0.15, 0.2) is 28.9 Å². The zero-order valence-electron chi connectivity index (χ0n) is 9.54. The van der Waals surface area contributed by atoms with E-state index < -0.39 is 0 Å². The van der Waals surface area contributed by atoms with Crippen LogP contribution in [0.2, 0.25) is 0 Å². The number of benzene rings is 1. The molecule has 1 heterocycles. The highest BCUT2D eigenvalue weighted by molar-refractivity contribution is 5.61. The SMILES string of the molecule is CCOc1no[n+]([O-])c1-c1ccc(OC)cc1. The number of hydrogen-bond donors (Lipinski definition) is 0. The molecule has 0 aliphatic heterocycles. The molecule has 6 heteroatoms. The quantitative estimate of drug-likeness (QED) is 0.750. The van der Waals surface area contributed by atoms with Crippen molar-refractivity contribution in [3.63, 3.8) is 0 Å². The van der Waals surface area contributed by atoms with Gasteiger partial charge in [-0.3, -0.25) is 4.63 Å². The Hall–Kier alpha value is -2.24. The highest BCUT2D eigenvalue weighted by Crippen LogP contribution is 2.26. The van der Waals surface area contributed by atoms with Crippen molar-refractivity contribution in [1.29, 1.82) is 0 Å². The normalized spacial score (nSPS) is 10.2. The van der Waals surface area contributed by atoms with Gasteiger partial charge in [0, 0.05) is 5.56 Å². The van der Waals surface area contributed by atoms with Crippen LogP contribution in [-0.2, 0) is 0 Å². The second kappa shape index (κ2) is 4.73. The first-order valence-corrected chi connectivity index (χ1v) is 5.13. The maximum absolute atomic E-state index is 11.4. The fourth-order valence-corrected chi connectivity index (χ4v) is 1.45. The van der Waals surface area contributed by atoms with Gasteiger partial charge in [0.25, 0.3) is 5.69 Å². The summed E-state index contributed by atoms with van der Waals surface area (Å²) < 4.78 is 14.8. The summed E-state index contributed by atoms with van der Waals surface area (Å²) in [5.41, 5.74) is 0.917. The van der Waals surface area contributed by atoms with Gasteiger partial charge in [-0.1, -0.05) is 0 Å². The standard InChI is InChI=1S/C11H12N2O4/c1-3-16-11-10(13(14)17-12-11)8-4-6-9(15-2)7-5-8/h4-7H,3H2,1-2H3. The summed E-state index contributed by atoms with van der Waals surface area (Å²) in [4.78, 5) is 0.326. The Balaban J connectivity index is 2.40. The molecule has 0 amide bonds. The smallest absolute Gasteiger partial charge is 0.402 e. The zero-order chi connectivity index (χ0) is 12.3. The number of hydrogen-bond acceptors (Lipinski definition) is 5. The van der Waals surface area contributed by atoms with E-state index in [1.54, 1.807) is 31.4 Å². The molecule has 2 rings (SSSR count). The predicted octanol–water partition coefficient (Wildman–Crippen LogP) is 1.38. The van der Waals surface area contributed by atoms with Gasteiger partial charge in [-0.05, 0) is 36.1 Å².